The molecule has 17 heteroatoms. The molecule has 2 aromatic heterocycles. The zero-order valence-corrected chi connectivity index (χ0v) is 21.5. The number of phosphoric ester groups is 1. The molecule has 0 radical (unpaired) electrons. The van der Waals surface area contributed by atoms with Crippen LogP contribution in [0.3, 0.4) is 0 Å². The van der Waals surface area contributed by atoms with Crippen molar-refractivity contribution in [3.8, 4) is 22.8 Å². The normalized spacial score (nSPS) is 12.0. The summed E-state index contributed by atoms with van der Waals surface area (Å²) in [6, 6.07) is 8.54. The van der Waals surface area contributed by atoms with Gasteiger partial charge < -0.3 is 24.6 Å². The highest BCUT2D eigenvalue weighted by molar-refractivity contribution is 7.46. The molecule has 0 unspecified atom stereocenters. The number of anilines is 1. The van der Waals surface area contributed by atoms with E-state index in [9.17, 15) is 18.1 Å². The number of benzene rings is 2. The summed E-state index contributed by atoms with van der Waals surface area (Å²) in [7, 11) is -4.98. The third-order valence-electron chi connectivity index (χ3n) is 5.27. The molecule has 0 bridgehead atoms. The van der Waals surface area contributed by atoms with Crippen LogP contribution in [0.15, 0.2) is 48.7 Å². The molecule has 0 aliphatic heterocycles. The summed E-state index contributed by atoms with van der Waals surface area (Å²) in [6.07, 6.45) is 1.33. The molecular formula is C24H18F6N3O7P. The van der Waals surface area contributed by atoms with E-state index >= 15 is 17.6 Å². The number of carbonyl (C=O) groups is 1. The predicted octanol–water partition coefficient (Wildman–Crippen LogP) is 5.29. The molecule has 0 spiro atoms. The summed E-state index contributed by atoms with van der Waals surface area (Å²) in [5, 5.41) is 5.60. The topological polar surface area (TPSA) is 132 Å². The highest BCUT2D eigenvalue weighted by Crippen LogP contribution is 2.38. The molecule has 1 amide bonds. The summed E-state index contributed by atoms with van der Waals surface area (Å²) in [6.45, 7) is -1.59. The Morgan fingerprint density at radius 3 is 2.34 bits per heavy atom. The first-order chi connectivity index (χ1) is 19.2. The van der Waals surface area contributed by atoms with Crippen molar-refractivity contribution >= 4 is 24.9 Å². The van der Waals surface area contributed by atoms with Gasteiger partial charge in [-0.15, -0.1) is 5.10 Å². The Balaban J connectivity index is 1.69. The number of fused-ring (bicyclic) bond motifs is 1. The van der Waals surface area contributed by atoms with Crippen molar-refractivity contribution in [3.05, 3.63) is 77.5 Å². The van der Waals surface area contributed by atoms with Crippen LogP contribution in [0.2, 0.25) is 0 Å². The number of halogens is 6. The molecule has 0 aliphatic carbocycles. The van der Waals surface area contributed by atoms with E-state index < -0.39 is 84.6 Å². The van der Waals surface area contributed by atoms with Crippen LogP contribution in [0.4, 0.5) is 32.0 Å². The molecule has 0 saturated heterocycles. The van der Waals surface area contributed by atoms with Gasteiger partial charge in [0.1, 0.15) is 17.0 Å². The molecule has 4 rings (SSSR count). The van der Waals surface area contributed by atoms with Gasteiger partial charge in [-0.1, -0.05) is 18.2 Å². The fraction of sp³-hybridized carbons (Fsp3) is 0.167. The molecular weight excluding hydrogens is 587 g/mol. The fourth-order valence-corrected chi connectivity index (χ4v) is 3.75. The molecule has 10 nitrogen and oxygen atoms in total. The summed E-state index contributed by atoms with van der Waals surface area (Å²) < 4.78 is 112. The molecule has 0 atom stereocenters. The average Bonchev–Trinajstić information content (AvgIpc) is 3.26. The van der Waals surface area contributed by atoms with Crippen molar-refractivity contribution in [1.29, 1.82) is 0 Å². The maximum atomic E-state index is 15.1. The summed E-state index contributed by atoms with van der Waals surface area (Å²) >= 11 is 0. The van der Waals surface area contributed by atoms with Crippen molar-refractivity contribution in [2.75, 3.05) is 18.7 Å². The Bertz CT molecular complexity index is 1640. The third-order valence-corrected chi connectivity index (χ3v) is 5.71. The first-order valence-electron chi connectivity index (χ1n) is 11.2. The molecule has 4 aromatic rings. The van der Waals surface area contributed by atoms with Gasteiger partial charge in [0.05, 0.1) is 11.1 Å². The van der Waals surface area contributed by atoms with Crippen LogP contribution >= 0.6 is 7.82 Å². The van der Waals surface area contributed by atoms with Gasteiger partial charge in [-0.05, 0) is 29.8 Å². The van der Waals surface area contributed by atoms with Gasteiger partial charge in [0.15, 0.2) is 29.9 Å². The molecule has 0 saturated carbocycles. The van der Waals surface area contributed by atoms with Gasteiger partial charge in [-0.2, -0.15) is 0 Å². The fourth-order valence-electron chi connectivity index (χ4n) is 3.56. The third kappa shape index (κ3) is 6.79. The SMILES string of the molecule is CC(F)(F)COc1cccc(-c2c(F)c(F)c(NC(=O)c3c(OCOP(=O)(O)O)nn4ccccc34)c(F)c2F)c1. The van der Waals surface area contributed by atoms with Crippen LogP contribution in [0.1, 0.15) is 17.3 Å². The lowest BCUT2D eigenvalue weighted by Gasteiger charge is -2.15. The van der Waals surface area contributed by atoms with Crippen LogP contribution < -0.4 is 14.8 Å². The van der Waals surface area contributed by atoms with Crippen molar-refractivity contribution in [1.82, 2.24) is 9.61 Å². The second-order valence-corrected chi connectivity index (χ2v) is 9.68. The molecule has 3 N–H and O–H groups in total. The number of nitrogens with zero attached hydrogens (tertiary/aromatic N) is 2. The lowest BCUT2D eigenvalue weighted by molar-refractivity contribution is -0.0229. The Morgan fingerprint density at radius 2 is 1.71 bits per heavy atom. The standard InChI is InChI=1S/C24H18F6N3O7P/c1-24(29,30)10-38-13-6-4-5-12(9-13)15-17(25)19(27)21(20(28)18(15)26)31-22(34)16-14-7-2-3-8-33(14)32-23(16)39-11-40-41(35,36)37/h2-9H,10-11H2,1H3,(H,31,34)(H2,35,36,37). The van der Waals surface area contributed by atoms with Crippen molar-refractivity contribution in [2.24, 2.45) is 0 Å². The Hall–Kier alpha value is -4.11. The van der Waals surface area contributed by atoms with Gasteiger partial charge in [-0.25, -0.2) is 39.9 Å². The molecule has 41 heavy (non-hydrogen) atoms. The van der Waals surface area contributed by atoms with Crippen molar-refractivity contribution in [2.45, 2.75) is 12.8 Å². The van der Waals surface area contributed by atoms with E-state index in [1.54, 1.807) is 5.32 Å². The van der Waals surface area contributed by atoms with Gasteiger partial charge in [0, 0.05) is 13.1 Å². The summed E-state index contributed by atoms with van der Waals surface area (Å²) in [5.41, 5.74) is -3.71. The molecule has 0 fully saturated rings. The lowest BCUT2D eigenvalue weighted by Crippen LogP contribution is -2.20. The number of rotatable bonds is 10. The van der Waals surface area contributed by atoms with Crippen LogP contribution in [0.5, 0.6) is 11.6 Å². The molecule has 0 aliphatic rings. The second-order valence-electron chi connectivity index (χ2n) is 8.44. The lowest BCUT2D eigenvalue weighted by atomic mass is 10.0. The number of carbonyl (C=O) groups excluding carboxylic acids is 1. The maximum Gasteiger partial charge on any atom is 0.472 e. The quantitative estimate of drug-likeness (QED) is 0.0963. The monoisotopic (exact) mass is 605 g/mol. The number of pyridine rings is 1. The Morgan fingerprint density at radius 1 is 1.02 bits per heavy atom. The number of aromatic nitrogens is 2. The van der Waals surface area contributed by atoms with Crippen LogP contribution in [0.25, 0.3) is 16.6 Å². The van der Waals surface area contributed by atoms with E-state index in [-0.39, 0.29) is 11.3 Å². The zero-order valence-electron chi connectivity index (χ0n) is 20.6. The van der Waals surface area contributed by atoms with Crippen LogP contribution in [-0.2, 0) is 9.09 Å². The molecule has 2 heterocycles. The summed E-state index contributed by atoms with van der Waals surface area (Å²) in [5.74, 6) is -13.3. The molecule has 218 valence electrons. The van der Waals surface area contributed by atoms with E-state index in [1.807, 2.05) is 0 Å². The van der Waals surface area contributed by atoms with E-state index in [0.717, 1.165) is 22.7 Å². The van der Waals surface area contributed by atoms with Gasteiger partial charge in [0.25, 0.3) is 11.8 Å². The van der Waals surface area contributed by atoms with Gasteiger partial charge >= 0.3 is 7.82 Å². The van der Waals surface area contributed by atoms with Crippen LogP contribution in [0, 0.1) is 23.3 Å². The maximum absolute atomic E-state index is 15.1. The summed E-state index contributed by atoms with van der Waals surface area (Å²) in [4.78, 5) is 30.7. The van der Waals surface area contributed by atoms with E-state index in [1.165, 1.54) is 30.5 Å². The largest absolute Gasteiger partial charge is 0.487 e. The highest BCUT2D eigenvalue weighted by Gasteiger charge is 2.30. The number of hydrogen-bond donors (Lipinski definition) is 3. The van der Waals surface area contributed by atoms with Gasteiger partial charge in [-0.3, -0.25) is 4.79 Å². The van der Waals surface area contributed by atoms with E-state index in [0.29, 0.717) is 6.92 Å². The van der Waals surface area contributed by atoms with Crippen molar-refractivity contribution in [3.63, 3.8) is 0 Å². The van der Waals surface area contributed by atoms with E-state index in [4.69, 9.17) is 19.3 Å². The van der Waals surface area contributed by atoms with Gasteiger partial charge in [0.2, 0.25) is 12.7 Å². The second kappa shape index (κ2) is 11.4. The minimum absolute atomic E-state index is 0.0240. The first-order valence-corrected chi connectivity index (χ1v) is 12.8. The number of phosphoric acid groups is 1. The number of hydrogen-bond acceptors (Lipinski definition) is 6. The Labute approximate surface area is 226 Å². The minimum atomic E-state index is -4.98. The smallest absolute Gasteiger partial charge is 0.472 e. The van der Waals surface area contributed by atoms with Crippen LogP contribution in [-0.4, -0.2) is 44.6 Å². The van der Waals surface area contributed by atoms with Crippen molar-refractivity contribution < 1.29 is 59.5 Å². The molecule has 2 aromatic carbocycles. The number of alkyl halides is 2. The number of nitrogens with one attached hydrogen (secondary N) is 1. The average molecular weight is 605 g/mol. The van der Waals surface area contributed by atoms with E-state index in [2.05, 4.69) is 9.62 Å². The predicted molar refractivity (Wildman–Crippen MR) is 130 cm³/mol. The minimum Gasteiger partial charge on any atom is -0.487 e. The number of amides is 1. The first kappa shape index (κ1) is 29.9. The highest BCUT2D eigenvalue weighted by atomic mass is 31.2. The Kier molecular flexibility index (Phi) is 8.31. The zero-order chi connectivity index (χ0) is 30.1. The number of ether oxygens (including phenoxy) is 2.